The standard InChI is InChI=1S/C15H16N2O4S/c1-20-15(19)13-9-17(6-7-22-13)14(18)8-11-10-4-2-3-5-12(10)21-16-11/h2-5,13H,6-9H2,1H3/t13-/m0/s1. The van der Waals surface area contributed by atoms with E-state index in [1.807, 2.05) is 24.3 Å². The predicted molar refractivity (Wildman–Crippen MR) is 82.6 cm³/mol. The number of thioether (sulfide) groups is 1. The monoisotopic (exact) mass is 320 g/mol. The number of para-hydroxylation sites is 1. The lowest BCUT2D eigenvalue weighted by Gasteiger charge is -2.30. The van der Waals surface area contributed by atoms with E-state index in [2.05, 4.69) is 5.16 Å². The van der Waals surface area contributed by atoms with E-state index in [1.54, 1.807) is 4.90 Å². The number of esters is 1. The number of aromatic nitrogens is 1. The van der Waals surface area contributed by atoms with Gasteiger partial charge in [0.15, 0.2) is 5.58 Å². The van der Waals surface area contributed by atoms with Gasteiger partial charge in [0.25, 0.3) is 0 Å². The van der Waals surface area contributed by atoms with Crippen LogP contribution in [0.3, 0.4) is 0 Å². The van der Waals surface area contributed by atoms with Crippen LogP contribution in [0.4, 0.5) is 0 Å². The maximum Gasteiger partial charge on any atom is 0.320 e. The maximum absolute atomic E-state index is 12.4. The molecular formula is C15H16N2O4S. The van der Waals surface area contributed by atoms with E-state index in [0.717, 1.165) is 11.1 Å². The topological polar surface area (TPSA) is 72.6 Å². The molecule has 0 unspecified atom stereocenters. The third-order valence-corrected chi connectivity index (χ3v) is 4.82. The van der Waals surface area contributed by atoms with Gasteiger partial charge in [-0.3, -0.25) is 9.59 Å². The first-order valence-electron chi connectivity index (χ1n) is 6.99. The van der Waals surface area contributed by atoms with E-state index >= 15 is 0 Å². The summed E-state index contributed by atoms with van der Waals surface area (Å²) in [4.78, 5) is 25.8. The molecule has 1 aliphatic rings. The third-order valence-electron chi connectivity index (χ3n) is 3.65. The summed E-state index contributed by atoms with van der Waals surface area (Å²) in [5.41, 5.74) is 1.31. The van der Waals surface area contributed by atoms with E-state index in [9.17, 15) is 9.59 Å². The first-order chi connectivity index (χ1) is 10.7. The second-order valence-corrected chi connectivity index (χ2v) is 6.34. The van der Waals surface area contributed by atoms with Crippen molar-refractivity contribution in [3.05, 3.63) is 30.0 Å². The minimum atomic E-state index is -0.309. The van der Waals surface area contributed by atoms with Crippen molar-refractivity contribution in [2.24, 2.45) is 0 Å². The van der Waals surface area contributed by atoms with Crippen molar-refractivity contribution in [1.29, 1.82) is 0 Å². The van der Waals surface area contributed by atoms with E-state index in [1.165, 1.54) is 18.9 Å². The van der Waals surface area contributed by atoms with Crippen molar-refractivity contribution >= 4 is 34.6 Å². The summed E-state index contributed by atoms with van der Waals surface area (Å²) in [6.45, 7) is 1.01. The van der Waals surface area contributed by atoms with Gasteiger partial charge in [0.2, 0.25) is 5.91 Å². The van der Waals surface area contributed by atoms with Crippen LogP contribution in [-0.2, 0) is 20.7 Å². The summed E-state index contributed by atoms with van der Waals surface area (Å²) >= 11 is 1.52. The number of carbonyl (C=O) groups is 2. The number of amides is 1. The quantitative estimate of drug-likeness (QED) is 0.798. The van der Waals surface area contributed by atoms with Crippen LogP contribution in [-0.4, -0.2) is 53.1 Å². The largest absolute Gasteiger partial charge is 0.468 e. The Kier molecular flexibility index (Phi) is 4.33. The molecule has 7 heteroatoms. The van der Waals surface area contributed by atoms with Crippen molar-refractivity contribution < 1.29 is 18.8 Å². The number of rotatable bonds is 3. The highest BCUT2D eigenvalue weighted by Gasteiger charge is 2.30. The molecular weight excluding hydrogens is 304 g/mol. The number of ether oxygens (including phenoxy) is 1. The molecule has 1 aliphatic heterocycles. The minimum absolute atomic E-state index is 0.0479. The summed E-state index contributed by atoms with van der Waals surface area (Å²) in [5.74, 6) is 0.396. The molecule has 22 heavy (non-hydrogen) atoms. The molecule has 0 aliphatic carbocycles. The van der Waals surface area contributed by atoms with Gasteiger partial charge in [-0.2, -0.15) is 0 Å². The Morgan fingerprint density at radius 2 is 2.27 bits per heavy atom. The number of hydrogen-bond donors (Lipinski definition) is 0. The molecule has 2 heterocycles. The molecule has 0 N–H and O–H groups in total. The molecule has 0 saturated carbocycles. The molecule has 1 fully saturated rings. The van der Waals surface area contributed by atoms with Crippen molar-refractivity contribution in [3.8, 4) is 0 Å². The molecule has 116 valence electrons. The number of benzene rings is 1. The zero-order valence-electron chi connectivity index (χ0n) is 12.2. The molecule has 0 bridgehead atoms. The van der Waals surface area contributed by atoms with E-state index in [0.29, 0.717) is 24.4 Å². The third kappa shape index (κ3) is 2.94. The second-order valence-electron chi connectivity index (χ2n) is 5.02. The maximum atomic E-state index is 12.4. The lowest BCUT2D eigenvalue weighted by Crippen LogP contribution is -2.45. The zero-order chi connectivity index (χ0) is 15.5. The molecule has 1 atom stereocenters. The van der Waals surface area contributed by atoms with Gasteiger partial charge in [-0.1, -0.05) is 17.3 Å². The molecule has 3 rings (SSSR count). The summed E-state index contributed by atoms with van der Waals surface area (Å²) in [7, 11) is 1.37. The summed E-state index contributed by atoms with van der Waals surface area (Å²) in [6.07, 6.45) is 0.176. The highest BCUT2D eigenvalue weighted by atomic mass is 32.2. The first-order valence-corrected chi connectivity index (χ1v) is 8.04. The lowest BCUT2D eigenvalue weighted by atomic mass is 10.1. The highest BCUT2D eigenvalue weighted by Crippen LogP contribution is 2.22. The average Bonchev–Trinajstić information content (AvgIpc) is 2.97. The van der Waals surface area contributed by atoms with Crippen LogP contribution in [0.15, 0.2) is 28.8 Å². The smallest absolute Gasteiger partial charge is 0.320 e. The van der Waals surface area contributed by atoms with Gasteiger partial charge >= 0.3 is 5.97 Å². The van der Waals surface area contributed by atoms with Crippen molar-refractivity contribution in [3.63, 3.8) is 0 Å². The molecule has 1 saturated heterocycles. The van der Waals surface area contributed by atoms with Gasteiger partial charge in [0, 0.05) is 24.2 Å². The Morgan fingerprint density at radius 1 is 1.45 bits per heavy atom. The fourth-order valence-corrected chi connectivity index (χ4v) is 3.60. The molecule has 2 aromatic rings. The number of fused-ring (bicyclic) bond motifs is 1. The Labute approximate surface area is 131 Å². The summed E-state index contributed by atoms with van der Waals surface area (Å²) in [5, 5.41) is 4.53. The number of methoxy groups -OCH3 is 1. The van der Waals surface area contributed by atoms with Gasteiger partial charge in [0.1, 0.15) is 10.9 Å². The average molecular weight is 320 g/mol. The van der Waals surface area contributed by atoms with E-state index in [4.69, 9.17) is 9.26 Å². The van der Waals surface area contributed by atoms with Crippen LogP contribution in [0.5, 0.6) is 0 Å². The van der Waals surface area contributed by atoms with Crippen LogP contribution < -0.4 is 0 Å². The van der Waals surface area contributed by atoms with E-state index < -0.39 is 0 Å². The molecule has 0 radical (unpaired) electrons. The molecule has 1 aromatic carbocycles. The van der Waals surface area contributed by atoms with Gasteiger partial charge in [0.05, 0.1) is 13.5 Å². The Hall–Kier alpha value is -2.02. The highest BCUT2D eigenvalue weighted by molar-refractivity contribution is 8.00. The number of carbonyl (C=O) groups excluding carboxylic acids is 2. The number of nitrogens with zero attached hydrogens (tertiary/aromatic N) is 2. The van der Waals surface area contributed by atoms with Gasteiger partial charge in [-0.05, 0) is 12.1 Å². The van der Waals surface area contributed by atoms with Crippen molar-refractivity contribution in [2.75, 3.05) is 26.0 Å². The van der Waals surface area contributed by atoms with Crippen molar-refractivity contribution in [1.82, 2.24) is 10.1 Å². The summed E-state index contributed by atoms with van der Waals surface area (Å²) < 4.78 is 9.97. The van der Waals surface area contributed by atoms with Crippen LogP contribution >= 0.6 is 11.8 Å². The second kappa shape index (κ2) is 6.39. The van der Waals surface area contributed by atoms with Crippen LogP contribution in [0.1, 0.15) is 5.69 Å². The Morgan fingerprint density at radius 3 is 3.09 bits per heavy atom. The lowest BCUT2D eigenvalue weighted by molar-refractivity contribution is -0.141. The zero-order valence-corrected chi connectivity index (χ0v) is 13.0. The molecule has 0 spiro atoms. The van der Waals surface area contributed by atoms with Gasteiger partial charge in [-0.25, -0.2) is 0 Å². The Bertz CT molecular complexity index is 700. The van der Waals surface area contributed by atoms with Crippen LogP contribution in [0.2, 0.25) is 0 Å². The van der Waals surface area contributed by atoms with Gasteiger partial charge in [-0.15, -0.1) is 11.8 Å². The van der Waals surface area contributed by atoms with Crippen LogP contribution in [0, 0.1) is 0 Å². The first kappa shape index (κ1) is 14.9. The number of hydrogen-bond acceptors (Lipinski definition) is 6. The fourth-order valence-electron chi connectivity index (χ4n) is 2.47. The Balaban J connectivity index is 1.70. The SMILES string of the molecule is COC(=O)[C@@H]1CN(C(=O)Cc2noc3ccccc23)CCS1. The normalized spacial score (nSPS) is 18.4. The van der Waals surface area contributed by atoms with E-state index in [-0.39, 0.29) is 23.5 Å². The predicted octanol–water partition coefficient (Wildman–Crippen LogP) is 1.49. The summed E-state index contributed by atoms with van der Waals surface area (Å²) in [6, 6.07) is 7.46. The van der Waals surface area contributed by atoms with Crippen LogP contribution in [0.25, 0.3) is 11.0 Å². The van der Waals surface area contributed by atoms with Crippen molar-refractivity contribution in [2.45, 2.75) is 11.7 Å². The minimum Gasteiger partial charge on any atom is -0.468 e. The fraction of sp³-hybridized carbons (Fsp3) is 0.400. The molecule has 1 aromatic heterocycles. The molecule has 6 nitrogen and oxygen atoms in total. The molecule has 1 amide bonds. The van der Waals surface area contributed by atoms with Gasteiger partial charge < -0.3 is 14.2 Å².